The maximum atomic E-state index is 12.6. The van der Waals surface area contributed by atoms with E-state index in [0.717, 1.165) is 79.4 Å². The number of anilines is 1. The van der Waals surface area contributed by atoms with Crippen LogP contribution >= 0.6 is 0 Å². The zero-order valence-corrected chi connectivity index (χ0v) is 21.7. The molecule has 1 amide bonds. The Hall–Kier alpha value is -3.79. The highest BCUT2D eigenvalue weighted by molar-refractivity contribution is 5.95. The smallest absolute Gasteiger partial charge is 0.324 e. The SMILES string of the molecule is CC(=O)N1c2ccc(-c3cnn(C4CC4)c3)c(Oc3ncc4c(ncn4[C@@H]4CCCCO4)n3)c2CCC1C. The number of rotatable bonds is 5. The molecule has 2 fully saturated rings. The normalized spacial score (nSPS) is 21.5. The number of nitrogens with zero attached hydrogens (tertiary/aromatic N) is 7. The third kappa shape index (κ3) is 4.03. The first kappa shape index (κ1) is 23.3. The second kappa shape index (κ2) is 9.20. The summed E-state index contributed by atoms with van der Waals surface area (Å²) in [4.78, 5) is 28.2. The molecule has 5 heterocycles. The molecule has 10 nitrogen and oxygen atoms in total. The van der Waals surface area contributed by atoms with Crippen LogP contribution in [0.5, 0.6) is 11.8 Å². The zero-order chi connectivity index (χ0) is 25.8. The Labute approximate surface area is 220 Å². The molecule has 0 spiro atoms. The van der Waals surface area contributed by atoms with Gasteiger partial charge in [-0.25, -0.2) is 9.97 Å². The standard InChI is InChI=1S/C28H31N7O3/c1-17-6-9-22-23(35(17)18(2)36)11-10-21(19-13-31-34(15-19)20-7-8-20)26(22)38-28-29-14-24-27(32-28)30-16-33(24)25-5-3-4-12-37-25/h10-11,13-17,20,25H,3-9,12H2,1-2H3/t17?,25-/m0/s1. The first-order valence-corrected chi connectivity index (χ1v) is 13.6. The minimum Gasteiger partial charge on any atom is -0.423 e. The van der Waals surface area contributed by atoms with Crippen molar-refractivity contribution in [1.29, 1.82) is 0 Å². The van der Waals surface area contributed by atoms with E-state index in [0.29, 0.717) is 17.4 Å². The molecule has 1 saturated heterocycles. The molecule has 1 aliphatic carbocycles. The second-order valence-corrected chi connectivity index (χ2v) is 10.6. The van der Waals surface area contributed by atoms with Gasteiger partial charge in [-0.3, -0.25) is 9.48 Å². The van der Waals surface area contributed by atoms with E-state index in [4.69, 9.17) is 9.47 Å². The number of imidazole rings is 1. The van der Waals surface area contributed by atoms with E-state index in [1.807, 2.05) is 32.5 Å². The van der Waals surface area contributed by atoms with E-state index in [1.165, 1.54) is 0 Å². The van der Waals surface area contributed by atoms with Crippen LogP contribution in [0.4, 0.5) is 5.69 Å². The van der Waals surface area contributed by atoms with Crippen LogP contribution in [0.2, 0.25) is 0 Å². The summed E-state index contributed by atoms with van der Waals surface area (Å²) in [6, 6.07) is 4.87. The Morgan fingerprint density at radius 3 is 2.79 bits per heavy atom. The fourth-order valence-corrected chi connectivity index (χ4v) is 5.76. The fraction of sp³-hybridized carbons (Fsp3) is 0.464. The van der Waals surface area contributed by atoms with Crippen molar-refractivity contribution in [3.63, 3.8) is 0 Å². The molecule has 1 aromatic carbocycles. The van der Waals surface area contributed by atoms with Crippen molar-refractivity contribution in [2.75, 3.05) is 11.5 Å². The summed E-state index contributed by atoms with van der Waals surface area (Å²) in [5.74, 6) is 0.692. The van der Waals surface area contributed by atoms with Crippen LogP contribution in [-0.4, -0.2) is 47.9 Å². The van der Waals surface area contributed by atoms with Crippen LogP contribution in [0.3, 0.4) is 0 Å². The maximum Gasteiger partial charge on any atom is 0.324 e. The Balaban J connectivity index is 1.30. The summed E-state index contributed by atoms with van der Waals surface area (Å²) in [5, 5.41) is 4.60. The predicted molar refractivity (Wildman–Crippen MR) is 141 cm³/mol. The van der Waals surface area contributed by atoms with Crippen LogP contribution in [0, 0.1) is 0 Å². The number of hydrogen-bond donors (Lipinski definition) is 0. The molecule has 2 aliphatic heterocycles. The Morgan fingerprint density at radius 1 is 1.11 bits per heavy atom. The van der Waals surface area contributed by atoms with Gasteiger partial charge in [0.25, 0.3) is 0 Å². The van der Waals surface area contributed by atoms with Crippen molar-refractivity contribution in [2.45, 2.75) is 77.1 Å². The number of carbonyl (C=O) groups is 1. The van der Waals surface area contributed by atoms with E-state index < -0.39 is 0 Å². The van der Waals surface area contributed by atoms with Gasteiger partial charge in [0.05, 0.1) is 30.5 Å². The van der Waals surface area contributed by atoms with E-state index >= 15 is 0 Å². The number of benzene rings is 1. The van der Waals surface area contributed by atoms with Gasteiger partial charge in [-0.05, 0) is 64.0 Å². The molecule has 0 radical (unpaired) electrons. The molecule has 3 aromatic heterocycles. The lowest BCUT2D eigenvalue weighted by Gasteiger charge is -2.35. The molecule has 196 valence electrons. The summed E-state index contributed by atoms with van der Waals surface area (Å²) in [7, 11) is 0. The molecule has 1 unspecified atom stereocenters. The number of ether oxygens (including phenoxy) is 2. The summed E-state index contributed by atoms with van der Waals surface area (Å²) < 4.78 is 16.5. The fourth-order valence-electron chi connectivity index (χ4n) is 5.76. The van der Waals surface area contributed by atoms with Gasteiger partial charge in [-0.15, -0.1) is 0 Å². The number of carbonyl (C=O) groups excluding carboxylic acids is 1. The predicted octanol–water partition coefficient (Wildman–Crippen LogP) is 5.20. The largest absolute Gasteiger partial charge is 0.423 e. The molecule has 3 aliphatic rings. The molecule has 38 heavy (non-hydrogen) atoms. The van der Waals surface area contributed by atoms with Crippen molar-refractivity contribution < 1.29 is 14.3 Å². The molecular formula is C28H31N7O3. The first-order chi connectivity index (χ1) is 18.6. The van der Waals surface area contributed by atoms with Gasteiger partial charge >= 0.3 is 6.01 Å². The van der Waals surface area contributed by atoms with E-state index in [9.17, 15) is 4.79 Å². The number of fused-ring (bicyclic) bond motifs is 2. The van der Waals surface area contributed by atoms with Crippen molar-refractivity contribution >= 4 is 22.8 Å². The van der Waals surface area contributed by atoms with Gasteiger partial charge in [0.1, 0.15) is 17.5 Å². The molecule has 4 aromatic rings. The molecule has 2 atom stereocenters. The van der Waals surface area contributed by atoms with E-state index in [-0.39, 0.29) is 24.2 Å². The zero-order valence-electron chi connectivity index (χ0n) is 21.7. The van der Waals surface area contributed by atoms with Crippen molar-refractivity contribution in [1.82, 2.24) is 29.3 Å². The number of hydrogen-bond acceptors (Lipinski definition) is 7. The quantitative estimate of drug-likeness (QED) is 0.361. The van der Waals surface area contributed by atoms with Gasteiger partial charge in [-0.2, -0.15) is 10.1 Å². The maximum absolute atomic E-state index is 12.6. The molecule has 0 N–H and O–H groups in total. The lowest BCUT2D eigenvalue weighted by atomic mass is 9.92. The van der Waals surface area contributed by atoms with Crippen molar-refractivity contribution in [3.8, 4) is 22.9 Å². The third-order valence-corrected chi connectivity index (χ3v) is 7.89. The van der Waals surface area contributed by atoms with Crippen molar-refractivity contribution in [3.05, 3.63) is 42.6 Å². The van der Waals surface area contributed by atoms with Gasteiger partial charge in [0.2, 0.25) is 5.91 Å². The second-order valence-electron chi connectivity index (χ2n) is 10.6. The Kier molecular flexibility index (Phi) is 5.65. The number of amides is 1. The highest BCUT2D eigenvalue weighted by Gasteiger charge is 2.31. The lowest BCUT2D eigenvalue weighted by Crippen LogP contribution is -2.40. The minimum absolute atomic E-state index is 0.0202. The molecule has 0 bridgehead atoms. The highest BCUT2D eigenvalue weighted by Crippen LogP contribution is 2.45. The lowest BCUT2D eigenvalue weighted by molar-refractivity contribution is -0.117. The molecule has 10 heteroatoms. The van der Waals surface area contributed by atoms with Crippen LogP contribution in [-0.2, 0) is 16.0 Å². The average Bonchev–Trinajstić information content (AvgIpc) is 3.50. The minimum atomic E-state index is -0.0422. The monoisotopic (exact) mass is 513 g/mol. The van der Waals surface area contributed by atoms with Crippen LogP contribution in [0.1, 0.15) is 70.2 Å². The van der Waals surface area contributed by atoms with Gasteiger partial charge in [-0.1, -0.05) is 0 Å². The molecular weight excluding hydrogens is 482 g/mol. The Morgan fingerprint density at radius 2 is 2.00 bits per heavy atom. The van der Waals surface area contributed by atoms with Crippen molar-refractivity contribution in [2.24, 2.45) is 0 Å². The summed E-state index contributed by atoms with van der Waals surface area (Å²) in [5.41, 5.74) is 5.14. The van der Waals surface area contributed by atoms with Crippen LogP contribution < -0.4 is 9.64 Å². The van der Waals surface area contributed by atoms with Gasteiger partial charge in [0.15, 0.2) is 5.65 Å². The Bertz CT molecular complexity index is 1520. The van der Waals surface area contributed by atoms with E-state index in [2.05, 4.69) is 33.2 Å². The first-order valence-electron chi connectivity index (χ1n) is 13.6. The average molecular weight is 514 g/mol. The molecule has 1 saturated carbocycles. The van der Waals surface area contributed by atoms with Gasteiger partial charge < -0.3 is 18.9 Å². The topological polar surface area (TPSA) is 100 Å². The summed E-state index contributed by atoms with van der Waals surface area (Å²) in [6.07, 6.45) is 14.6. The summed E-state index contributed by atoms with van der Waals surface area (Å²) >= 11 is 0. The van der Waals surface area contributed by atoms with Crippen LogP contribution in [0.25, 0.3) is 22.3 Å². The third-order valence-electron chi connectivity index (χ3n) is 7.89. The molecule has 7 rings (SSSR count). The highest BCUT2D eigenvalue weighted by atomic mass is 16.5. The number of aromatic nitrogens is 6. The van der Waals surface area contributed by atoms with E-state index in [1.54, 1.807) is 19.4 Å². The van der Waals surface area contributed by atoms with Crippen LogP contribution in [0.15, 0.2) is 37.1 Å². The van der Waals surface area contributed by atoms with Gasteiger partial charge in [0, 0.05) is 42.5 Å². The summed E-state index contributed by atoms with van der Waals surface area (Å²) in [6.45, 7) is 4.45.